The molecule has 1 atom stereocenters. The first-order valence-corrected chi connectivity index (χ1v) is 9.50. The van der Waals surface area contributed by atoms with Crippen molar-refractivity contribution in [3.8, 4) is 5.75 Å². The Bertz CT molecular complexity index is 757. The molecule has 1 heterocycles. The molecule has 0 N–H and O–H groups in total. The number of para-hydroxylation sites is 1. The molecule has 1 amide bonds. The van der Waals surface area contributed by atoms with Gasteiger partial charge in [0, 0.05) is 36.9 Å². The van der Waals surface area contributed by atoms with E-state index >= 15 is 0 Å². The first-order valence-electron chi connectivity index (χ1n) is 9.12. The van der Waals surface area contributed by atoms with Crippen molar-refractivity contribution in [1.82, 2.24) is 4.90 Å². The van der Waals surface area contributed by atoms with E-state index in [2.05, 4.69) is 17.9 Å². The fourth-order valence-electron chi connectivity index (χ4n) is 3.27. The summed E-state index contributed by atoms with van der Waals surface area (Å²) < 4.78 is 5.96. The van der Waals surface area contributed by atoms with Gasteiger partial charge in [0.25, 0.3) is 5.91 Å². The van der Waals surface area contributed by atoms with Crippen LogP contribution in [-0.2, 0) is 11.2 Å². The number of aryl methyl sites for hydroxylation is 1. The summed E-state index contributed by atoms with van der Waals surface area (Å²) in [6.07, 6.45) is 0.399. The third-order valence-electron chi connectivity index (χ3n) is 4.77. The van der Waals surface area contributed by atoms with E-state index in [0.29, 0.717) is 13.1 Å². The zero-order valence-electron chi connectivity index (χ0n) is 15.3. The van der Waals surface area contributed by atoms with Gasteiger partial charge >= 0.3 is 0 Å². The van der Waals surface area contributed by atoms with Crippen LogP contribution in [0.15, 0.2) is 48.5 Å². The van der Waals surface area contributed by atoms with Gasteiger partial charge in [0.15, 0.2) is 6.10 Å². The molecule has 0 saturated carbocycles. The number of rotatable bonds is 5. The Morgan fingerprint density at radius 1 is 1.12 bits per heavy atom. The van der Waals surface area contributed by atoms with Crippen LogP contribution in [0.2, 0.25) is 5.02 Å². The Labute approximate surface area is 160 Å². The molecule has 4 nitrogen and oxygen atoms in total. The quantitative estimate of drug-likeness (QED) is 0.794. The average Bonchev–Trinajstić information content (AvgIpc) is 2.68. The predicted octanol–water partition coefficient (Wildman–Crippen LogP) is 4.02. The van der Waals surface area contributed by atoms with Crippen molar-refractivity contribution in [2.24, 2.45) is 0 Å². The van der Waals surface area contributed by atoms with Gasteiger partial charge in [0.05, 0.1) is 0 Å². The van der Waals surface area contributed by atoms with Crippen molar-refractivity contribution in [2.45, 2.75) is 26.4 Å². The molecule has 26 heavy (non-hydrogen) atoms. The van der Waals surface area contributed by atoms with Crippen LogP contribution in [0.5, 0.6) is 5.75 Å². The molecule has 138 valence electrons. The normalized spacial score (nSPS) is 15.7. The lowest BCUT2D eigenvalue weighted by Crippen LogP contribution is -2.52. The molecule has 0 spiro atoms. The summed E-state index contributed by atoms with van der Waals surface area (Å²) >= 11 is 6.08. The minimum atomic E-state index is -0.486. The molecular weight excluding hydrogens is 348 g/mol. The highest BCUT2D eigenvalue weighted by Crippen LogP contribution is 2.22. The number of hydrogen-bond acceptors (Lipinski definition) is 3. The van der Waals surface area contributed by atoms with E-state index < -0.39 is 6.10 Å². The van der Waals surface area contributed by atoms with Crippen molar-refractivity contribution in [3.63, 3.8) is 0 Å². The van der Waals surface area contributed by atoms with Crippen molar-refractivity contribution in [3.05, 3.63) is 59.1 Å². The van der Waals surface area contributed by atoms with Crippen LogP contribution in [0.25, 0.3) is 0 Å². The minimum absolute atomic E-state index is 0.0432. The topological polar surface area (TPSA) is 32.8 Å². The first-order chi connectivity index (χ1) is 12.6. The second-order valence-corrected chi connectivity index (χ2v) is 6.95. The van der Waals surface area contributed by atoms with Gasteiger partial charge in [-0.05, 0) is 43.2 Å². The third-order valence-corrected chi connectivity index (χ3v) is 5.00. The van der Waals surface area contributed by atoms with Gasteiger partial charge in [-0.1, -0.05) is 42.8 Å². The van der Waals surface area contributed by atoms with Crippen LogP contribution in [0.1, 0.15) is 19.4 Å². The van der Waals surface area contributed by atoms with Crippen molar-refractivity contribution in [1.29, 1.82) is 0 Å². The van der Waals surface area contributed by atoms with Gasteiger partial charge in [-0.3, -0.25) is 4.79 Å². The number of ether oxygens (including phenoxy) is 1. The van der Waals surface area contributed by atoms with E-state index in [0.717, 1.165) is 41.5 Å². The van der Waals surface area contributed by atoms with Gasteiger partial charge in [-0.25, -0.2) is 0 Å². The number of halogens is 1. The van der Waals surface area contributed by atoms with Gasteiger partial charge in [0.2, 0.25) is 0 Å². The summed E-state index contributed by atoms with van der Waals surface area (Å²) in [5.74, 6) is 0.843. The largest absolute Gasteiger partial charge is 0.481 e. The van der Waals surface area contributed by atoms with Crippen molar-refractivity contribution >= 4 is 23.2 Å². The van der Waals surface area contributed by atoms with Gasteiger partial charge in [-0.15, -0.1) is 0 Å². The number of carbonyl (C=O) groups is 1. The molecule has 0 bridgehead atoms. The molecule has 1 fully saturated rings. The average molecular weight is 373 g/mol. The summed E-state index contributed by atoms with van der Waals surface area (Å²) in [6.45, 7) is 6.89. The number of hydrogen-bond donors (Lipinski definition) is 0. The highest BCUT2D eigenvalue weighted by Gasteiger charge is 2.26. The fourth-order valence-corrected chi connectivity index (χ4v) is 3.45. The Morgan fingerprint density at radius 2 is 1.85 bits per heavy atom. The van der Waals surface area contributed by atoms with E-state index in [1.54, 1.807) is 0 Å². The number of anilines is 1. The summed E-state index contributed by atoms with van der Waals surface area (Å²) in [7, 11) is 0. The summed E-state index contributed by atoms with van der Waals surface area (Å²) in [5, 5.41) is 0.734. The van der Waals surface area contributed by atoms with Crippen LogP contribution >= 0.6 is 11.6 Å². The SMILES string of the molecule is CCc1ccccc1O[C@H](C)C(=O)N1CCN(c2cccc(Cl)c2)CC1. The molecule has 1 saturated heterocycles. The molecule has 2 aromatic carbocycles. The molecule has 1 aliphatic heterocycles. The van der Waals surface area contributed by atoms with Gasteiger partial charge in [0.1, 0.15) is 5.75 Å². The molecule has 2 aromatic rings. The van der Waals surface area contributed by atoms with E-state index in [4.69, 9.17) is 16.3 Å². The maximum absolute atomic E-state index is 12.8. The summed E-state index contributed by atoms with van der Waals surface area (Å²) in [4.78, 5) is 16.9. The Morgan fingerprint density at radius 3 is 2.54 bits per heavy atom. The maximum atomic E-state index is 12.8. The Balaban J connectivity index is 1.57. The maximum Gasteiger partial charge on any atom is 0.263 e. The lowest BCUT2D eigenvalue weighted by molar-refractivity contribution is -0.138. The number of nitrogens with zero attached hydrogens (tertiary/aromatic N) is 2. The number of carbonyl (C=O) groups excluding carboxylic acids is 1. The van der Waals surface area contributed by atoms with Gasteiger partial charge < -0.3 is 14.5 Å². The summed E-state index contributed by atoms with van der Waals surface area (Å²) in [6, 6.07) is 15.7. The highest BCUT2D eigenvalue weighted by atomic mass is 35.5. The number of amides is 1. The fraction of sp³-hybridized carbons (Fsp3) is 0.381. The van der Waals surface area contributed by atoms with Gasteiger partial charge in [-0.2, -0.15) is 0 Å². The zero-order valence-corrected chi connectivity index (χ0v) is 16.1. The van der Waals surface area contributed by atoms with E-state index in [1.807, 2.05) is 54.3 Å². The minimum Gasteiger partial charge on any atom is -0.481 e. The molecular formula is C21H25ClN2O2. The number of benzene rings is 2. The van der Waals surface area contributed by atoms with Crippen molar-refractivity contribution in [2.75, 3.05) is 31.1 Å². The molecule has 0 radical (unpaired) electrons. The van der Waals surface area contributed by atoms with Crippen LogP contribution in [0.3, 0.4) is 0 Å². The third kappa shape index (κ3) is 4.31. The van der Waals surface area contributed by atoms with E-state index in [1.165, 1.54) is 0 Å². The van der Waals surface area contributed by atoms with Crippen LogP contribution in [0, 0.1) is 0 Å². The van der Waals surface area contributed by atoms with E-state index in [9.17, 15) is 4.79 Å². The van der Waals surface area contributed by atoms with Crippen LogP contribution in [-0.4, -0.2) is 43.1 Å². The second kappa shape index (κ2) is 8.45. The lowest BCUT2D eigenvalue weighted by Gasteiger charge is -2.37. The zero-order chi connectivity index (χ0) is 18.5. The second-order valence-electron chi connectivity index (χ2n) is 6.51. The Hall–Kier alpha value is -2.20. The molecule has 1 aliphatic rings. The van der Waals surface area contributed by atoms with Crippen LogP contribution in [0.4, 0.5) is 5.69 Å². The van der Waals surface area contributed by atoms with Crippen molar-refractivity contribution < 1.29 is 9.53 Å². The molecule has 0 aromatic heterocycles. The standard InChI is InChI=1S/C21H25ClN2O2/c1-3-17-7-4-5-10-20(17)26-16(2)21(25)24-13-11-23(12-14-24)19-9-6-8-18(22)15-19/h4-10,15-16H,3,11-14H2,1-2H3/t16-/m1/s1. The highest BCUT2D eigenvalue weighted by molar-refractivity contribution is 6.30. The Kier molecular flexibility index (Phi) is 6.04. The van der Waals surface area contributed by atoms with E-state index in [-0.39, 0.29) is 5.91 Å². The monoisotopic (exact) mass is 372 g/mol. The molecule has 0 unspecified atom stereocenters. The predicted molar refractivity (Wildman–Crippen MR) is 106 cm³/mol. The smallest absolute Gasteiger partial charge is 0.263 e. The first kappa shape index (κ1) is 18.6. The molecule has 3 rings (SSSR count). The molecule has 5 heteroatoms. The number of piperazine rings is 1. The van der Waals surface area contributed by atoms with Crippen LogP contribution < -0.4 is 9.64 Å². The lowest BCUT2D eigenvalue weighted by atomic mass is 10.1. The summed E-state index contributed by atoms with van der Waals surface area (Å²) in [5.41, 5.74) is 2.23. The molecule has 0 aliphatic carbocycles.